The molecular formula is C19H30N2O4S. The Labute approximate surface area is 156 Å². The first kappa shape index (κ1) is 18.3. The predicted octanol–water partition coefficient (Wildman–Crippen LogP) is 1.45. The number of likely N-dealkylation sites (tertiary alicyclic amines) is 2. The van der Waals surface area contributed by atoms with Crippen molar-refractivity contribution in [3.63, 3.8) is 0 Å². The van der Waals surface area contributed by atoms with Gasteiger partial charge >= 0.3 is 0 Å². The van der Waals surface area contributed by atoms with Crippen LogP contribution in [0, 0.1) is 17.3 Å². The first-order valence-electron chi connectivity index (χ1n) is 10.2. The zero-order chi connectivity index (χ0) is 18.4. The van der Waals surface area contributed by atoms with E-state index in [-0.39, 0.29) is 34.7 Å². The summed E-state index contributed by atoms with van der Waals surface area (Å²) in [6, 6.07) is 0. The molecule has 0 unspecified atom stereocenters. The van der Waals surface area contributed by atoms with Gasteiger partial charge in [0.25, 0.3) is 0 Å². The highest BCUT2D eigenvalue weighted by Crippen LogP contribution is 2.42. The molecule has 1 saturated carbocycles. The quantitative estimate of drug-likeness (QED) is 0.740. The van der Waals surface area contributed by atoms with Crippen LogP contribution in [-0.2, 0) is 19.4 Å². The summed E-state index contributed by atoms with van der Waals surface area (Å²) in [5.74, 6) is 1.07. The number of piperidine rings is 1. The summed E-state index contributed by atoms with van der Waals surface area (Å²) in [7, 11) is -2.96. The standard InChI is InChI=1S/C19H30N2O4S/c22-17(16-5-11-26(24,25)12-6-16)21-10-8-19(14-21)7-2-9-20(18(19)23)13-15-3-1-4-15/h15-16H,1-14H2/t19-/m0/s1. The van der Waals surface area contributed by atoms with E-state index in [1.807, 2.05) is 4.90 Å². The molecule has 26 heavy (non-hydrogen) atoms. The van der Waals surface area contributed by atoms with Crippen LogP contribution >= 0.6 is 0 Å². The average molecular weight is 383 g/mol. The van der Waals surface area contributed by atoms with Gasteiger partial charge in [-0.15, -0.1) is 0 Å². The van der Waals surface area contributed by atoms with E-state index in [0.29, 0.717) is 31.8 Å². The summed E-state index contributed by atoms with van der Waals surface area (Å²) in [5.41, 5.74) is -0.377. The molecule has 0 aromatic carbocycles. The summed E-state index contributed by atoms with van der Waals surface area (Å²) < 4.78 is 23.2. The van der Waals surface area contributed by atoms with Crippen LogP contribution in [0.15, 0.2) is 0 Å². The van der Waals surface area contributed by atoms with Crippen LogP contribution in [-0.4, -0.2) is 67.7 Å². The molecule has 4 fully saturated rings. The molecule has 0 aromatic rings. The molecule has 0 N–H and O–H groups in total. The van der Waals surface area contributed by atoms with E-state index in [0.717, 1.165) is 32.4 Å². The minimum Gasteiger partial charge on any atom is -0.342 e. The van der Waals surface area contributed by atoms with Gasteiger partial charge in [0.2, 0.25) is 11.8 Å². The van der Waals surface area contributed by atoms with Crippen molar-refractivity contribution in [1.29, 1.82) is 0 Å². The number of amides is 2. The van der Waals surface area contributed by atoms with Crippen LogP contribution in [0.2, 0.25) is 0 Å². The lowest BCUT2D eigenvalue weighted by Crippen LogP contribution is -2.52. The van der Waals surface area contributed by atoms with Crippen molar-refractivity contribution in [1.82, 2.24) is 9.80 Å². The number of sulfone groups is 1. The summed E-state index contributed by atoms with van der Waals surface area (Å²) in [5, 5.41) is 0. The molecule has 3 aliphatic heterocycles. The average Bonchev–Trinajstić information content (AvgIpc) is 2.99. The molecule has 1 spiro atoms. The van der Waals surface area contributed by atoms with Gasteiger partial charge in [0, 0.05) is 32.1 Å². The number of hydrogen-bond donors (Lipinski definition) is 0. The fourth-order valence-electron chi connectivity index (χ4n) is 5.15. The molecule has 7 heteroatoms. The van der Waals surface area contributed by atoms with E-state index in [4.69, 9.17) is 0 Å². The lowest BCUT2D eigenvalue weighted by molar-refractivity contribution is -0.147. The van der Waals surface area contributed by atoms with Gasteiger partial charge in [0.1, 0.15) is 9.84 Å². The maximum Gasteiger partial charge on any atom is 0.230 e. The number of nitrogens with zero attached hydrogens (tertiary/aromatic N) is 2. The van der Waals surface area contributed by atoms with Crippen LogP contribution < -0.4 is 0 Å². The van der Waals surface area contributed by atoms with E-state index in [9.17, 15) is 18.0 Å². The maximum atomic E-state index is 13.2. The molecule has 4 rings (SSSR count). The fraction of sp³-hybridized carbons (Fsp3) is 0.895. The number of hydrogen-bond acceptors (Lipinski definition) is 4. The number of carbonyl (C=O) groups is 2. The largest absolute Gasteiger partial charge is 0.342 e. The van der Waals surface area contributed by atoms with Gasteiger partial charge in [-0.2, -0.15) is 0 Å². The topological polar surface area (TPSA) is 74.8 Å². The zero-order valence-corrected chi connectivity index (χ0v) is 16.3. The van der Waals surface area contributed by atoms with Crippen molar-refractivity contribution in [2.24, 2.45) is 17.3 Å². The molecule has 3 heterocycles. The van der Waals surface area contributed by atoms with Crippen LogP contribution in [0.25, 0.3) is 0 Å². The normalized spacial score (nSPS) is 32.8. The summed E-state index contributed by atoms with van der Waals surface area (Å²) >= 11 is 0. The van der Waals surface area contributed by atoms with Crippen molar-refractivity contribution in [2.75, 3.05) is 37.7 Å². The number of rotatable bonds is 3. The first-order valence-corrected chi connectivity index (χ1v) is 12.0. The fourth-order valence-corrected chi connectivity index (χ4v) is 6.64. The van der Waals surface area contributed by atoms with Gasteiger partial charge in [0.05, 0.1) is 16.9 Å². The highest BCUT2D eigenvalue weighted by molar-refractivity contribution is 7.91. The second-order valence-electron chi connectivity index (χ2n) is 8.87. The molecular weight excluding hydrogens is 352 g/mol. The molecule has 0 aromatic heterocycles. The van der Waals surface area contributed by atoms with Gasteiger partial charge in [-0.3, -0.25) is 9.59 Å². The Morgan fingerprint density at radius 2 is 1.77 bits per heavy atom. The molecule has 146 valence electrons. The SMILES string of the molecule is O=C(C1CCS(=O)(=O)CC1)N1CC[C@@]2(CCCN(CC3CCC3)C2=O)C1. The van der Waals surface area contributed by atoms with E-state index >= 15 is 0 Å². The Morgan fingerprint density at radius 1 is 1.04 bits per heavy atom. The Balaban J connectivity index is 1.38. The van der Waals surface area contributed by atoms with E-state index in [1.165, 1.54) is 19.3 Å². The van der Waals surface area contributed by atoms with E-state index in [2.05, 4.69) is 4.90 Å². The predicted molar refractivity (Wildman–Crippen MR) is 98.2 cm³/mol. The molecule has 6 nitrogen and oxygen atoms in total. The summed E-state index contributed by atoms with van der Waals surface area (Å²) in [6.45, 7) is 2.95. The van der Waals surface area contributed by atoms with Crippen LogP contribution in [0.5, 0.6) is 0 Å². The Hall–Kier alpha value is -1.11. The van der Waals surface area contributed by atoms with Gasteiger partial charge in [-0.05, 0) is 50.9 Å². The third-order valence-corrected chi connectivity index (χ3v) is 8.81. The minimum absolute atomic E-state index is 0.0701. The summed E-state index contributed by atoms with van der Waals surface area (Å²) in [6.07, 6.45) is 7.33. The second kappa shape index (κ2) is 6.80. The molecule has 3 saturated heterocycles. The lowest BCUT2D eigenvalue weighted by atomic mass is 9.77. The molecule has 2 amide bonds. The highest BCUT2D eigenvalue weighted by Gasteiger charge is 2.50. The van der Waals surface area contributed by atoms with Crippen molar-refractivity contribution in [3.8, 4) is 0 Å². The van der Waals surface area contributed by atoms with Crippen molar-refractivity contribution in [3.05, 3.63) is 0 Å². The molecule has 4 aliphatic rings. The molecule has 0 radical (unpaired) electrons. The summed E-state index contributed by atoms with van der Waals surface area (Å²) in [4.78, 5) is 29.9. The third kappa shape index (κ3) is 3.39. The monoisotopic (exact) mass is 382 g/mol. The zero-order valence-electron chi connectivity index (χ0n) is 15.5. The van der Waals surface area contributed by atoms with Crippen molar-refractivity contribution < 1.29 is 18.0 Å². The Bertz CT molecular complexity index is 674. The smallest absolute Gasteiger partial charge is 0.230 e. The van der Waals surface area contributed by atoms with Crippen LogP contribution in [0.4, 0.5) is 0 Å². The Kier molecular flexibility index (Phi) is 4.78. The maximum absolute atomic E-state index is 13.2. The van der Waals surface area contributed by atoms with Gasteiger partial charge in [-0.25, -0.2) is 8.42 Å². The van der Waals surface area contributed by atoms with E-state index in [1.54, 1.807) is 0 Å². The van der Waals surface area contributed by atoms with Crippen molar-refractivity contribution >= 4 is 21.7 Å². The van der Waals surface area contributed by atoms with Crippen LogP contribution in [0.3, 0.4) is 0 Å². The van der Waals surface area contributed by atoms with Crippen LogP contribution in [0.1, 0.15) is 51.4 Å². The third-order valence-electron chi connectivity index (χ3n) is 7.10. The van der Waals surface area contributed by atoms with Crippen molar-refractivity contribution in [2.45, 2.75) is 51.4 Å². The minimum atomic E-state index is -2.96. The second-order valence-corrected chi connectivity index (χ2v) is 11.2. The van der Waals surface area contributed by atoms with Gasteiger partial charge in [0.15, 0.2) is 0 Å². The lowest BCUT2D eigenvalue weighted by Gasteiger charge is -2.42. The molecule has 1 atom stereocenters. The van der Waals surface area contributed by atoms with E-state index < -0.39 is 9.84 Å². The van der Waals surface area contributed by atoms with Gasteiger partial charge < -0.3 is 9.80 Å². The number of carbonyl (C=O) groups excluding carboxylic acids is 2. The Morgan fingerprint density at radius 3 is 2.42 bits per heavy atom. The highest BCUT2D eigenvalue weighted by atomic mass is 32.2. The van der Waals surface area contributed by atoms with Gasteiger partial charge in [-0.1, -0.05) is 6.42 Å². The first-order chi connectivity index (χ1) is 12.4. The molecule has 1 aliphatic carbocycles. The molecule has 0 bridgehead atoms.